The lowest BCUT2D eigenvalue weighted by molar-refractivity contribution is 0.174. The Hall–Kier alpha value is -1.22. The van der Waals surface area contributed by atoms with Gasteiger partial charge in [0.15, 0.2) is 17.5 Å². The number of likely N-dealkylation sites (N-methyl/N-ethyl adjacent to an activating group) is 1. The molecule has 0 radical (unpaired) electrons. The van der Waals surface area contributed by atoms with E-state index >= 15 is 0 Å². The van der Waals surface area contributed by atoms with E-state index in [2.05, 4.69) is 55.4 Å². The molecule has 7 heteroatoms. The summed E-state index contributed by atoms with van der Waals surface area (Å²) < 4.78 is 10.8. The van der Waals surface area contributed by atoms with Gasteiger partial charge in [0.1, 0.15) is 0 Å². The first-order valence-electron chi connectivity index (χ1n) is 9.32. The van der Waals surface area contributed by atoms with Crippen molar-refractivity contribution in [3.63, 3.8) is 0 Å². The van der Waals surface area contributed by atoms with Crippen molar-refractivity contribution in [1.29, 1.82) is 0 Å². The third kappa shape index (κ3) is 6.83. The fourth-order valence-electron chi connectivity index (χ4n) is 2.95. The van der Waals surface area contributed by atoms with Crippen LogP contribution in [0.5, 0.6) is 11.5 Å². The summed E-state index contributed by atoms with van der Waals surface area (Å²) in [5, 5.41) is 6.73. The highest BCUT2D eigenvalue weighted by atomic mass is 127. The van der Waals surface area contributed by atoms with E-state index in [4.69, 9.17) is 14.5 Å². The van der Waals surface area contributed by atoms with E-state index in [1.54, 1.807) is 0 Å². The Morgan fingerprint density at radius 3 is 2.58 bits per heavy atom. The molecule has 1 unspecified atom stereocenters. The molecule has 0 saturated carbocycles. The van der Waals surface area contributed by atoms with Crippen molar-refractivity contribution < 1.29 is 9.47 Å². The van der Waals surface area contributed by atoms with E-state index in [0.717, 1.165) is 56.6 Å². The largest absolute Gasteiger partial charge is 0.454 e. The SMILES string of the molecule is CCNC(=NCC(C)N(CC)CC)NCCc1ccc2c(c1)OCO2.I. The fourth-order valence-corrected chi connectivity index (χ4v) is 2.95. The molecule has 148 valence electrons. The molecule has 1 aromatic carbocycles. The topological polar surface area (TPSA) is 58.1 Å². The first kappa shape index (κ1) is 22.8. The zero-order chi connectivity index (χ0) is 18.1. The van der Waals surface area contributed by atoms with Gasteiger partial charge in [-0.05, 0) is 51.1 Å². The smallest absolute Gasteiger partial charge is 0.231 e. The average Bonchev–Trinajstić information content (AvgIpc) is 3.08. The number of rotatable bonds is 9. The zero-order valence-electron chi connectivity index (χ0n) is 16.4. The third-order valence-corrected chi connectivity index (χ3v) is 4.44. The number of fused-ring (bicyclic) bond motifs is 1. The monoisotopic (exact) mass is 476 g/mol. The number of hydrogen-bond acceptors (Lipinski definition) is 4. The molecular formula is C19H33IN4O2. The van der Waals surface area contributed by atoms with E-state index in [0.29, 0.717) is 12.8 Å². The number of nitrogens with one attached hydrogen (secondary N) is 2. The molecule has 0 fully saturated rings. The molecular weight excluding hydrogens is 443 g/mol. The van der Waals surface area contributed by atoms with Gasteiger partial charge in [0.2, 0.25) is 6.79 Å². The number of ether oxygens (including phenoxy) is 2. The Kier molecular flexibility index (Phi) is 10.7. The summed E-state index contributed by atoms with van der Waals surface area (Å²) in [7, 11) is 0. The van der Waals surface area contributed by atoms with Gasteiger partial charge in [0.25, 0.3) is 0 Å². The molecule has 0 amide bonds. The van der Waals surface area contributed by atoms with Crippen LogP contribution in [0.1, 0.15) is 33.3 Å². The van der Waals surface area contributed by atoms with Gasteiger partial charge in [0, 0.05) is 19.1 Å². The summed E-state index contributed by atoms with van der Waals surface area (Å²) in [6.07, 6.45) is 0.909. The molecule has 1 aliphatic heterocycles. The van der Waals surface area contributed by atoms with Crippen LogP contribution >= 0.6 is 24.0 Å². The highest BCUT2D eigenvalue weighted by molar-refractivity contribution is 14.0. The van der Waals surface area contributed by atoms with E-state index in [-0.39, 0.29) is 24.0 Å². The quantitative estimate of drug-likeness (QED) is 0.326. The number of nitrogens with zero attached hydrogens (tertiary/aromatic N) is 2. The summed E-state index contributed by atoms with van der Waals surface area (Å²) in [4.78, 5) is 7.14. The zero-order valence-corrected chi connectivity index (χ0v) is 18.7. The molecule has 1 atom stereocenters. The lowest BCUT2D eigenvalue weighted by atomic mass is 10.1. The number of benzene rings is 1. The molecule has 1 aromatic rings. The van der Waals surface area contributed by atoms with E-state index < -0.39 is 0 Å². The van der Waals surface area contributed by atoms with Gasteiger partial charge < -0.3 is 20.1 Å². The van der Waals surface area contributed by atoms with Gasteiger partial charge in [-0.2, -0.15) is 0 Å². The molecule has 1 aliphatic rings. The predicted molar refractivity (Wildman–Crippen MR) is 118 cm³/mol. The Balaban J connectivity index is 0.00000338. The van der Waals surface area contributed by atoms with Crippen LogP contribution in [-0.4, -0.2) is 56.4 Å². The maximum atomic E-state index is 5.43. The van der Waals surface area contributed by atoms with Crippen LogP contribution in [0.15, 0.2) is 23.2 Å². The van der Waals surface area contributed by atoms with Crippen LogP contribution in [0.2, 0.25) is 0 Å². The summed E-state index contributed by atoms with van der Waals surface area (Å²) in [6, 6.07) is 6.56. The molecule has 0 aliphatic carbocycles. The van der Waals surface area contributed by atoms with Crippen molar-refractivity contribution in [3.8, 4) is 11.5 Å². The maximum Gasteiger partial charge on any atom is 0.231 e. The fraction of sp³-hybridized carbons (Fsp3) is 0.632. The van der Waals surface area contributed by atoms with Gasteiger partial charge >= 0.3 is 0 Å². The Morgan fingerprint density at radius 1 is 1.15 bits per heavy atom. The van der Waals surface area contributed by atoms with Crippen LogP contribution in [0.3, 0.4) is 0 Å². The van der Waals surface area contributed by atoms with Gasteiger partial charge in [-0.1, -0.05) is 19.9 Å². The predicted octanol–water partition coefficient (Wildman–Crippen LogP) is 2.86. The molecule has 26 heavy (non-hydrogen) atoms. The summed E-state index contributed by atoms with van der Waals surface area (Å²) >= 11 is 0. The summed E-state index contributed by atoms with van der Waals surface area (Å²) in [5.41, 5.74) is 1.23. The van der Waals surface area contributed by atoms with E-state index in [9.17, 15) is 0 Å². The minimum Gasteiger partial charge on any atom is -0.454 e. The third-order valence-electron chi connectivity index (χ3n) is 4.44. The molecule has 0 aromatic heterocycles. The molecule has 1 heterocycles. The second-order valence-electron chi connectivity index (χ2n) is 6.15. The van der Waals surface area contributed by atoms with Crippen LogP contribution < -0.4 is 20.1 Å². The molecule has 2 rings (SSSR count). The highest BCUT2D eigenvalue weighted by Gasteiger charge is 2.13. The van der Waals surface area contributed by atoms with Crippen LogP contribution in [0.4, 0.5) is 0 Å². The molecule has 6 nitrogen and oxygen atoms in total. The Labute approximate surface area is 174 Å². The normalized spacial score (nSPS) is 14.1. The van der Waals surface area contributed by atoms with Crippen LogP contribution in [0, 0.1) is 0 Å². The van der Waals surface area contributed by atoms with Gasteiger partial charge in [-0.3, -0.25) is 9.89 Å². The minimum absolute atomic E-state index is 0. The number of guanidine groups is 1. The molecule has 0 bridgehead atoms. The first-order valence-corrected chi connectivity index (χ1v) is 9.32. The van der Waals surface area contributed by atoms with Gasteiger partial charge in [-0.15, -0.1) is 24.0 Å². The second kappa shape index (κ2) is 12.2. The van der Waals surface area contributed by atoms with Crippen molar-refractivity contribution in [2.75, 3.05) is 39.5 Å². The minimum atomic E-state index is 0. The second-order valence-corrected chi connectivity index (χ2v) is 6.15. The van der Waals surface area contributed by atoms with Crippen molar-refractivity contribution in [3.05, 3.63) is 23.8 Å². The lowest BCUT2D eigenvalue weighted by Gasteiger charge is -2.25. The van der Waals surface area contributed by atoms with Crippen molar-refractivity contribution in [1.82, 2.24) is 15.5 Å². The van der Waals surface area contributed by atoms with Gasteiger partial charge in [-0.25, -0.2) is 0 Å². The van der Waals surface area contributed by atoms with Crippen molar-refractivity contribution in [2.45, 2.75) is 40.2 Å². The van der Waals surface area contributed by atoms with Crippen LogP contribution in [-0.2, 0) is 6.42 Å². The Morgan fingerprint density at radius 2 is 1.88 bits per heavy atom. The van der Waals surface area contributed by atoms with Crippen molar-refractivity contribution in [2.24, 2.45) is 4.99 Å². The Bertz CT molecular complexity index is 564. The van der Waals surface area contributed by atoms with Crippen LogP contribution in [0.25, 0.3) is 0 Å². The average molecular weight is 476 g/mol. The number of aliphatic imine (C=N–C) groups is 1. The standard InChI is InChI=1S/C19H32N4O2.HI/c1-5-20-19(22-13-15(4)23(6-2)7-3)21-11-10-16-8-9-17-18(12-16)25-14-24-17;/h8-9,12,15H,5-7,10-11,13-14H2,1-4H3,(H2,20,21,22);1H. The molecule has 0 saturated heterocycles. The highest BCUT2D eigenvalue weighted by Crippen LogP contribution is 2.32. The summed E-state index contributed by atoms with van der Waals surface area (Å²) in [5.74, 6) is 2.55. The number of hydrogen-bond donors (Lipinski definition) is 2. The molecule has 0 spiro atoms. The maximum absolute atomic E-state index is 5.43. The van der Waals surface area contributed by atoms with E-state index in [1.165, 1.54) is 5.56 Å². The lowest BCUT2D eigenvalue weighted by Crippen LogP contribution is -2.40. The van der Waals surface area contributed by atoms with Gasteiger partial charge in [0.05, 0.1) is 6.54 Å². The van der Waals surface area contributed by atoms with E-state index in [1.807, 2.05) is 6.07 Å². The summed E-state index contributed by atoms with van der Waals surface area (Å²) in [6.45, 7) is 13.6. The first-order chi connectivity index (χ1) is 12.2. The van der Waals surface area contributed by atoms with Crippen molar-refractivity contribution >= 4 is 29.9 Å². The molecule has 2 N–H and O–H groups in total. The number of halogens is 1.